The van der Waals surface area contributed by atoms with Crippen LogP contribution in [0.1, 0.15) is 24.1 Å². The van der Waals surface area contributed by atoms with E-state index in [1.165, 1.54) is 16.4 Å². The first-order valence-electron chi connectivity index (χ1n) is 9.68. The average Bonchev–Trinajstić information content (AvgIpc) is 2.78. The molecule has 0 saturated carbocycles. The topological polar surface area (TPSA) is 105 Å². The molecule has 2 aromatic rings. The summed E-state index contributed by atoms with van der Waals surface area (Å²) in [5, 5.41) is 5.20. The molecule has 1 saturated heterocycles. The molecule has 160 valence electrons. The molecule has 2 aromatic carbocycles. The second kappa shape index (κ2) is 9.84. The maximum absolute atomic E-state index is 12.6. The molecule has 0 aromatic heterocycles. The van der Waals surface area contributed by atoms with Crippen LogP contribution in [0.25, 0.3) is 0 Å². The number of amides is 2. The van der Waals surface area contributed by atoms with E-state index in [0.29, 0.717) is 31.9 Å². The van der Waals surface area contributed by atoms with Crippen LogP contribution < -0.4 is 10.6 Å². The lowest BCUT2D eigenvalue weighted by atomic mass is 10.1. The Balaban J connectivity index is 1.53. The minimum Gasteiger partial charge on any atom is -0.379 e. The zero-order valence-corrected chi connectivity index (χ0v) is 17.5. The number of ether oxygens (including phenoxy) is 1. The smallest absolute Gasteiger partial charge is 0.309 e. The number of carbonyl (C=O) groups excluding carboxylic acids is 2. The van der Waals surface area contributed by atoms with E-state index >= 15 is 0 Å². The Morgan fingerprint density at radius 3 is 2.27 bits per heavy atom. The zero-order chi connectivity index (χ0) is 21.6. The molecular formula is C21H25N3O5S. The van der Waals surface area contributed by atoms with E-state index in [9.17, 15) is 18.0 Å². The van der Waals surface area contributed by atoms with Gasteiger partial charge in [0.25, 0.3) is 0 Å². The van der Waals surface area contributed by atoms with Crippen molar-refractivity contribution in [2.24, 2.45) is 0 Å². The van der Waals surface area contributed by atoms with Crippen molar-refractivity contribution in [2.75, 3.05) is 26.3 Å². The van der Waals surface area contributed by atoms with Gasteiger partial charge in [0.2, 0.25) is 10.0 Å². The summed E-state index contributed by atoms with van der Waals surface area (Å²) in [5.41, 5.74) is 1.59. The summed E-state index contributed by atoms with van der Waals surface area (Å²) in [6.07, 6.45) is 0. The quantitative estimate of drug-likeness (QED) is 0.669. The molecule has 1 aliphatic heterocycles. The summed E-state index contributed by atoms with van der Waals surface area (Å²) in [6, 6.07) is 15.3. The normalized spacial score (nSPS) is 15.9. The largest absolute Gasteiger partial charge is 0.379 e. The Hall–Kier alpha value is -2.75. The van der Waals surface area contributed by atoms with Gasteiger partial charge in [0.05, 0.1) is 24.2 Å². The summed E-state index contributed by atoms with van der Waals surface area (Å²) in [7, 11) is -3.56. The van der Waals surface area contributed by atoms with Crippen molar-refractivity contribution >= 4 is 21.8 Å². The van der Waals surface area contributed by atoms with Crippen LogP contribution in [0.3, 0.4) is 0 Å². The number of benzene rings is 2. The number of sulfonamides is 1. The number of hydrogen-bond donors (Lipinski definition) is 2. The summed E-state index contributed by atoms with van der Waals surface area (Å²) < 4.78 is 31.8. The van der Waals surface area contributed by atoms with Gasteiger partial charge in [-0.2, -0.15) is 4.31 Å². The first-order valence-corrected chi connectivity index (χ1v) is 11.1. The van der Waals surface area contributed by atoms with Crippen molar-refractivity contribution in [1.29, 1.82) is 0 Å². The lowest BCUT2D eigenvalue weighted by Crippen LogP contribution is -2.40. The van der Waals surface area contributed by atoms with Gasteiger partial charge in [-0.1, -0.05) is 42.5 Å². The molecule has 0 bridgehead atoms. The highest BCUT2D eigenvalue weighted by Gasteiger charge is 2.26. The molecule has 2 amide bonds. The highest BCUT2D eigenvalue weighted by molar-refractivity contribution is 7.89. The van der Waals surface area contributed by atoms with Crippen LogP contribution in [0.2, 0.25) is 0 Å². The molecule has 1 aliphatic rings. The zero-order valence-electron chi connectivity index (χ0n) is 16.7. The van der Waals surface area contributed by atoms with E-state index in [2.05, 4.69) is 10.6 Å². The Labute approximate surface area is 176 Å². The summed E-state index contributed by atoms with van der Waals surface area (Å²) in [5.74, 6) is -1.47. The van der Waals surface area contributed by atoms with Crippen LogP contribution in [0.15, 0.2) is 59.5 Å². The molecule has 0 aliphatic carbocycles. The van der Waals surface area contributed by atoms with E-state index < -0.39 is 21.8 Å². The third kappa shape index (κ3) is 5.44. The van der Waals surface area contributed by atoms with Gasteiger partial charge in [0, 0.05) is 19.6 Å². The molecule has 9 heteroatoms. The first kappa shape index (κ1) is 21.9. The highest BCUT2D eigenvalue weighted by Crippen LogP contribution is 2.17. The van der Waals surface area contributed by atoms with E-state index in [1.54, 1.807) is 19.1 Å². The monoisotopic (exact) mass is 431 g/mol. The molecule has 30 heavy (non-hydrogen) atoms. The van der Waals surface area contributed by atoms with Crippen molar-refractivity contribution in [3.63, 3.8) is 0 Å². The van der Waals surface area contributed by atoms with Gasteiger partial charge in [-0.25, -0.2) is 8.42 Å². The first-order chi connectivity index (χ1) is 14.4. The lowest BCUT2D eigenvalue weighted by Gasteiger charge is -2.26. The minimum atomic E-state index is -3.56. The SMILES string of the molecule is C[C@@H](NC(=O)C(=O)NCc1ccc(S(=O)(=O)N2CCOCC2)cc1)c1ccccc1. The van der Waals surface area contributed by atoms with Crippen molar-refractivity contribution < 1.29 is 22.7 Å². The molecule has 0 radical (unpaired) electrons. The molecule has 1 heterocycles. The maximum atomic E-state index is 12.6. The van der Waals surface area contributed by atoms with Crippen molar-refractivity contribution in [3.05, 3.63) is 65.7 Å². The van der Waals surface area contributed by atoms with Gasteiger partial charge < -0.3 is 15.4 Å². The molecular weight excluding hydrogens is 406 g/mol. The van der Waals surface area contributed by atoms with Gasteiger partial charge in [0.1, 0.15) is 0 Å². The maximum Gasteiger partial charge on any atom is 0.309 e. The van der Waals surface area contributed by atoms with E-state index in [0.717, 1.165) is 5.56 Å². The van der Waals surface area contributed by atoms with Crippen LogP contribution in [-0.2, 0) is 30.9 Å². The standard InChI is InChI=1S/C21H25N3O5S/c1-16(18-5-3-2-4-6-18)23-21(26)20(25)22-15-17-7-9-19(10-8-17)30(27,28)24-11-13-29-14-12-24/h2-10,16H,11-15H2,1H3,(H,22,25)(H,23,26)/t16-/m1/s1. The van der Waals surface area contributed by atoms with Crippen LogP contribution in [0, 0.1) is 0 Å². The summed E-state index contributed by atoms with van der Waals surface area (Å²) in [4.78, 5) is 24.4. The minimum absolute atomic E-state index is 0.115. The fourth-order valence-electron chi connectivity index (χ4n) is 3.07. The van der Waals surface area contributed by atoms with Crippen molar-refractivity contribution in [3.8, 4) is 0 Å². The van der Waals surface area contributed by atoms with Crippen LogP contribution >= 0.6 is 0 Å². The average molecular weight is 432 g/mol. The molecule has 1 atom stereocenters. The van der Waals surface area contributed by atoms with E-state index in [1.807, 2.05) is 30.3 Å². The van der Waals surface area contributed by atoms with Crippen LogP contribution in [0.5, 0.6) is 0 Å². The number of morpholine rings is 1. The second-order valence-electron chi connectivity index (χ2n) is 6.95. The van der Waals surface area contributed by atoms with E-state index in [-0.39, 0.29) is 17.5 Å². The van der Waals surface area contributed by atoms with Crippen molar-refractivity contribution in [1.82, 2.24) is 14.9 Å². The van der Waals surface area contributed by atoms with E-state index in [4.69, 9.17) is 4.74 Å². The lowest BCUT2D eigenvalue weighted by molar-refractivity contribution is -0.139. The van der Waals surface area contributed by atoms with Gasteiger partial charge in [0.15, 0.2) is 0 Å². The van der Waals surface area contributed by atoms with Gasteiger partial charge in [-0.05, 0) is 30.2 Å². The number of carbonyl (C=O) groups is 2. The molecule has 0 unspecified atom stereocenters. The molecule has 3 rings (SSSR count). The third-order valence-corrected chi connectivity index (χ3v) is 6.75. The van der Waals surface area contributed by atoms with Gasteiger partial charge >= 0.3 is 11.8 Å². The van der Waals surface area contributed by atoms with Gasteiger partial charge in [-0.15, -0.1) is 0 Å². The third-order valence-electron chi connectivity index (χ3n) is 4.84. The van der Waals surface area contributed by atoms with Crippen LogP contribution in [0.4, 0.5) is 0 Å². The summed E-state index contributed by atoms with van der Waals surface area (Å²) in [6.45, 7) is 3.34. The predicted molar refractivity (Wildman–Crippen MR) is 111 cm³/mol. The Kier molecular flexibility index (Phi) is 7.20. The van der Waals surface area contributed by atoms with Crippen molar-refractivity contribution in [2.45, 2.75) is 24.4 Å². The molecule has 2 N–H and O–H groups in total. The molecule has 0 spiro atoms. The Bertz CT molecular complexity index is 971. The van der Waals surface area contributed by atoms with Gasteiger partial charge in [-0.3, -0.25) is 9.59 Å². The van der Waals surface area contributed by atoms with Crippen LogP contribution in [-0.4, -0.2) is 50.8 Å². The number of hydrogen-bond acceptors (Lipinski definition) is 5. The molecule has 1 fully saturated rings. The Morgan fingerprint density at radius 1 is 1.00 bits per heavy atom. The number of nitrogens with one attached hydrogen (secondary N) is 2. The Morgan fingerprint density at radius 2 is 1.63 bits per heavy atom. The number of rotatable bonds is 6. The number of nitrogens with zero attached hydrogens (tertiary/aromatic N) is 1. The molecule has 8 nitrogen and oxygen atoms in total. The fraction of sp³-hybridized carbons (Fsp3) is 0.333. The highest BCUT2D eigenvalue weighted by atomic mass is 32.2. The summed E-state index contributed by atoms with van der Waals surface area (Å²) >= 11 is 0. The fourth-order valence-corrected chi connectivity index (χ4v) is 4.47. The predicted octanol–water partition coefficient (Wildman–Crippen LogP) is 1.20. The second-order valence-corrected chi connectivity index (χ2v) is 8.89.